The van der Waals surface area contributed by atoms with Gasteiger partial charge in [-0.1, -0.05) is 31.0 Å². The van der Waals surface area contributed by atoms with E-state index in [0.717, 1.165) is 29.3 Å². The van der Waals surface area contributed by atoms with Crippen LogP contribution in [0.15, 0.2) is 59.5 Å². The fraction of sp³-hybridized carbons (Fsp3) is 0.350. The van der Waals surface area contributed by atoms with Crippen molar-refractivity contribution in [2.24, 2.45) is 0 Å². The topological polar surface area (TPSA) is 86.7 Å². The number of halogens is 1. The lowest BCUT2D eigenvalue weighted by atomic mass is 9.92. The second kappa shape index (κ2) is 8.70. The van der Waals surface area contributed by atoms with Gasteiger partial charge in [-0.25, -0.2) is 12.8 Å². The molecule has 150 valence electrons. The van der Waals surface area contributed by atoms with Crippen molar-refractivity contribution >= 4 is 21.6 Å². The van der Waals surface area contributed by atoms with Crippen molar-refractivity contribution in [3.63, 3.8) is 0 Å². The fourth-order valence-electron chi connectivity index (χ4n) is 3.30. The highest BCUT2D eigenvalue weighted by Crippen LogP contribution is 2.24. The molecule has 0 radical (unpaired) electrons. The zero-order chi connectivity index (χ0) is 20.1. The zero-order valence-corrected chi connectivity index (χ0v) is 16.1. The van der Waals surface area contributed by atoms with Gasteiger partial charge in [-0.05, 0) is 49.2 Å². The third kappa shape index (κ3) is 4.69. The summed E-state index contributed by atoms with van der Waals surface area (Å²) in [7, 11) is -4.03. The lowest BCUT2D eigenvalue weighted by Crippen LogP contribution is -2.49. The summed E-state index contributed by atoms with van der Waals surface area (Å²) in [5.74, 6) is -1.02. The van der Waals surface area contributed by atoms with E-state index in [2.05, 4.69) is 5.32 Å². The number of aliphatic hydroxyl groups excluding tert-OH is 1. The van der Waals surface area contributed by atoms with Gasteiger partial charge in [0, 0.05) is 0 Å². The molecule has 8 heteroatoms. The van der Waals surface area contributed by atoms with Crippen LogP contribution in [-0.4, -0.2) is 38.1 Å². The third-order valence-corrected chi connectivity index (χ3v) is 6.60. The largest absolute Gasteiger partial charge is 0.391 e. The molecule has 0 aliphatic heterocycles. The molecule has 0 unspecified atom stereocenters. The number of carbonyl (C=O) groups excluding carboxylic acids is 1. The highest BCUT2D eigenvalue weighted by Gasteiger charge is 2.29. The number of aliphatic hydroxyl groups is 1. The van der Waals surface area contributed by atoms with Gasteiger partial charge in [-0.2, -0.15) is 0 Å². The van der Waals surface area contributed by atoms with Gasteiger partial charge in [0.25, 0.3) is 10.0 Å². The highest BCUT2D eigenvalue weighted by molar-refractivity contribution is 7.92. The molecule has 2 aromatic carbocycles. The van der Waals surface area contributed by atoms with E-state index < -0.39 is 40.4 Å². The van der Waals surface area contributed by atoms with E-state index in [1.165, 1.54) is 24.3 Å². The molecule has 0 saturated heterocycles. The van der Waals surface area contributed by atoms with Crippen LogP contribution in [0.3, 0.4) is 0 Å². The van der Waals surface area contributed by atoms with Crippen molar-refractivity contribution in [3.05, 3.63) is 60.4 Å². The minimum Gasteiger partial charge on any atom is -0.391 e. The molecule has 2 aromatic rings. The van der Waals surface area contributed by atoms with Crippen molar-refractivity contribution in [2.45, 2.75) is 42.7 Å². The van der Waals surface area contributed by atoms with Crippen LogP contribution in [0.2, 0.25) is 0 Å². The Morgan fingerprint density at radius 1 is 1.07 bits per heavy atom. The number of nitrogens with zero attached hydrogens (tertiary/aromatic N) is 1. The van der Waals surface area contributed by atoms with E-state index in [-0.39, 0.29) is 10.6 Å². The zero-order valence-electron chi connectivity index (χ0n) is 15.3. The summed E-state index contributed by atoms with van der Waals surface area (Å²) in [4.78, 5) is 12.6. The molecule has 0 spiro atoms. The fourth-order valence-corrected chi connectivity index (χ4v) is 4.75. The molecule has 1 fully saturated rings. The van der Waals surface area contributed by atoms with Crippen molar-refractivity contribution in [1.29, 1.82) is 0 Å². The molecule has 3 rings (SSSR count). The van der Waals surface area contributed by atoms with Gasteiger partial charge >= 0.3 is 0 Å². The molecular formula is C20H23FN2O4S. The van der Waals surface area contributed by atoms with Crippen LogP contribution in [0, 0.1) is 5.82 Å². The predicted molar refractivity (Wildman–Crippen MR) is 104 cm³/mol. The Labute approximate surface area is 164 Å². The SMILES string of the molecule is O=C(CN(c1ccc(F)cc1)S(=O)(=O)c1ccccc1)N[C@H]1CCCC[C@H]1O. The maximum Gasteiger partial charge on any atom is 0.264 e. The minimum absolute atomic E-state index is 0.0322. The monoisotopic (exact) mass is 406 g/mol. The number of anilines is 1. The second-order valence-electron chi connectivity index (χ2n) is 6.83. The Kier molecular flexibility index (Phi) is 6.31. The second-order valence-corrected chi connectivity index (χ2v) is 8.69. The summed E-state index contributed by atoms with van der Waals surface area (Å²) >= 11 is 0. The number of benzene rings is 2. The summed E-state index contributed by atoms with van der Waals surface area (Å²) in [6.45, 7) is -0.466. The number of rotatable bonds is 6. The maximum atomic E-state index is 13.3. The quantitative estimate of drug-likeness (QED) is 0.772. The molecule has 6 nitrogen and oxygen atoms in total. The van der Waals surface area contributed by atoms with Crippen molar-refractivity contribution in [2.75, 3.05) is 10.8 Å². The van der Waals surface area contributed by atoms with Gasteiger partial charge in [0.15, 0.2) is 0 Å². The van der Waals surface area contributed by atoms with E-state index >= 15 is 0 Å². The van der Waals surface area contributed by atoms with E-state index in [1.807, 2.05) is 0 Å². The molecule has 0 heterocycles. The molecular weight excluding hydrogens is 383 g/mol. The van der Waals surface area contributed by atoms with Gasteiger partial charge in [-0.15, -0.1) is 0 Å². The van der Waals surface area contributed by atoms with Crippen LogP contribution in [-0.2, 0) is 14.8 Å². The van der Waals surface area contributed by atoms with Crippen LogP contribution in [0.4, 0.5) is 10.1 Å². The molecule has 0 aromatic heterocycles. The molecule has 2 N–H and O–H groups in total. The Morgan fingerprint density at radius 2 is 1.71 bits per heavy atom. The first-order chi connectivity index (χ1) is 13.4. The average Bonchev–Trinajstić information content (AvgIpc) is 2.69. The number of carbonyl (C=O) groups is 1. The first-order valence-corrected chi connectivity index (χ1v) is 10.6. The third-order valence-electron chi connectivity index (χ3n) is 4.81. The smallest absolute Gasteiger partial charge is 0.264 e. The van der Waals surface area contributed by atoms with Gasteiger partial charge < -0.3 is 10.4 Å². The van der Waals surface area contributed by atoms with E-state index in [0.29, 0.717) is 12.8 Å². The van der Waals surface area contributed by atoms with Crippen molar-refractivity contribution < 1.29 is 22.7 Å². The molecule has 1 aliphatic rings. The number of nitrogens with one attached hydrogen (secondary N) is 1. The number of sulfonamides is 1. The molecule has 1 aliphatic carbocycles. The summed E-state index contributed by atoms with van der Waals surface area (Å²) in [6.07, 6.45) is 2.41. The Balaban J connectivity index is 1.86. The summed E-state index contributed by atoms with van der Waals surface area (Å²) < 4.78 is 40.5. The Morgan fingerprint density at radius 3 is 2.36 bits per heavy atom. The molecule has 1 amide bonds. The highest BCUT2D eigenvalue weighted by atomic mass is 32.2. The van der Waals surface area contributed by atoms with Crippen LogP contribution in [0.1, 0.15) is 25.7 Å². The van der Waals surface area contributed by atoms with E-state index in [4.69, 9.17) is 0 Å². The normalized spacial score (nSPS) is 19.8. The maximum absolute atomic E-state index is 13.3. The van der Waals surface area contributed by atoms with Crippen LogP contribution in [0.5, 0.6) is 0 Å². The Bertz CT molecular complexity index is 904. The molecule has 0 bridgehead atoms. The Hall–Kier alpha value is -2.45. The van der Waals surface area contributed by atoms with Gasteiger partial charge in [0.05, 0.1) is 22.7 Å². The number of hydrogen-bond donors (Lipinski definition) is 2. The van der Waals surface area contributed by atoms with Gasteiger partial charge in [0.1, 0.15) is 12.4 Å². The molecule has 2 atom stereocenters. The summed E-state index contributed by atoms with van der Waals surface area (Å²) in [5, 5.41) is 12.8. The minimum atomic E-state index is -4.03. The molecule has 28 heavy (non-hydrogen) atoms. The predicted octanol–water partition coefficient (Wildman–Crippen LogP) is 2.44. The number of amides is 1. The van der Waals surface area contributed by atoms with Gasteiger partial charge in [0.2, 0.25) is 5.91 Å². The van der Waals surface area contributed by atoms with Crippen molar-refractivity contribution in [1.82, 2.24) is 5.32 Å². The standard InChI is InChI=1S/C20H23FN2O4S/c21-15-10-12-16(13-11-15)23(28(26,27)17-6-2-1-3-7-17)14-20(25)22-18-8-4-5-9-19(18)24/h1-3,6-7,10-13,18-19,24H,4-5,8-9,14H2,(H,22,25)/t18-,19+/m0/s1. The van der Waals surface area contributed by atoms with Crippen LogP contribution < -0.4 is 9.62 Å². The van der Waals surface area contributed by atoms with E-state index in [1.54, 1.807) is 18.2 Å². The lowest BCUT2D eigenvalue weighted by molar-refractivity contribution is -0.121. The van der Waals surface area contributed by atoms with E-state index in [9.17, 15) is 22.7 Å². The average molecular weight is 406 g/mol. The number of hydrogen-bond acceptors (Lipinski definition) is 4. The first-order valence-electron chi connectivity index (χ1n) is 9.19. The molecule has 1 saturated carbocycles. The summed E-state index contributed by atoms with van der Waals surface area (Å²) in [6, 6.07) is 12.3. The summed E-state index contributed by atoms with van der Waals surface area (Å²) in [5.41, 5.74) is 0.185. The van der Waals surface area contributed by atoms with Crippen molar-refractivity contribution in [3.8, 4) is 0 Å². The van der Waals surface area contributed by atoms with Crippen LogP contribution >= 0.6 is 0 Å². The first kappa shape index (κ1) is 20.3. The van der Waals surface area contributed by atoms with Crippen LogP contribution in [0.25, 0.3) is 0 Å². The lowest BCUT2D eigenvalue weighted by Gasteiger charge is -2.30. The van der Waals surface area contributed by atoms with Gasteiger partial charge in [-0.3, -0.25) is 9.10 Å².